The smallest absolute Gasteiger partial charge is 0 e. The molecule has 0 bridgehead atoms. The molecule has 2 heteroatoms. The van der Waals surface area contributed by atoms with E-state index in [1.165, 1.54) is 83.5 Å². The maximum Gasteiger partial charge on any atom is 0 e. The van der Waals surface area contributed by atoms with Gasteiger partial charge in [-0.1, -0.05) is 83.3 Å². The van der Waals surface area contributed by atoms with Gasteiger partial charge in [0.1, 0.15) is 0 Å². The van der Waals surface area contributed by atoms with Crippen LogP contribution < -0.4 is 0 Å². The van der Waals surface area contributed by atoms with Crippen molar-refractivity contribution in [2.45, 2.75) is 96.8 Å². The topological polar surface area (TPSA) is 23.8 Å². The summed E-state index contributed by atoms with van der Waals surface area (Å²) in [5, 5.41) is 0. The second-order valence-electron chi connectivity index (χ2n) is 5.69. The summed E-state index contributed by atoms with van der Waals surface area (Å²) in [7, 11) is 0. The SMILES string of the molecule is CCCCCCCC/C=C\CCCCCCCC[NH-].[Pt]. The summed E-state index contributed by atoms with van der Waals surface area (Å²) >= 11 is 0. The monoisotopic (exact) mass is 461 g/mol. The molecule has 0 aromatic heterocycles. The average molecular weight is 462 g/mol. The Morgan fingerprint density at radius 2 is 1.00 bits per heavy atom. The zero-order valence-electron chi connectivity index (χ0n) is 13.6. The van der Waals surface area contributed by atoms with Gasteiger partial charge >= 0.3 is 0 Å². The second kappa shape index (κ2) is 21.7. The molecule has 0 spiro atoms. The van der Waals surface area contributed by atoms with Gasteiger partial charge in [-0.3, -0.25) is 0 Å². The third-order valence-electron chi connectivity index (χ3n) is 3.69. The maximum absolute atomic E-state index is 7.07. The van der Waals surface area contributed by atoms with Crippen molar-refractivity contribution >= 4 is 0 Å². The fraction of sp³-hybridized carbons (Fsp3) is 0.889. The molecular weight excluding hydrogens is 425 g/mol. The van der Waals surface area contributed by atoms with E-state index < -0.39 is 0 Å². The second-order valence-corrected chi connectivity index (χ2v) is 5.69. The van der Waals surface area contributed by atoms with E-state index >= 15 is 0 Å². The standard InChI is InChI=1S/C18H36N.Pt/c1-2-3-4-5-6-7-8-9-10-11-12-13-14-15-16-17-18-19;/h9-10,19H,2-8,11-18H2,1H3;/q-1;/b10-9-;. The molecule has 0 saturated heterocycles. The number of unbranched alkanes of at least 4 members (excludes halogenated alkanes) is 12. The van der Waals surface area contributed by atoms with Gasteiger partial charge in [-0.15, -0.1) is 0 Å². The van der Waals surface area contributed by atoms with Crippen molar-refractivity contribution in [2.24, 2.45) is 0 Å². The van der Waals surface area contributed by atoms with Crippen LogP contribution in [0.25, 0.3) is 5.73 Å². The van der Waals surface area contributed by atoms with Crippen LogP contribution in [-0.2, 0) is 21.1 Å². The summed E-state index contributed by atoms with van der Waals surface area (Å²) in [6.45, 7) is 2.89. The Kier molecular flexibility index (Phi) is 24.6. The fourth-order valence-corrected chi connectivity index (χ4v) is 2.37. The molecule has 0 heterocycles. The Morgan fingerprint density at radius 1 is 0.600 bits per heavy atom. The Labute approximate surface area is 142 Å². The molecule has 20 heavy (non-hydrogen) atoms. The molecule has 0 unspecified atom stereocenters. The van der Waals surface area contributed by atoms with Crippen LogP contribution in [0.3, 0.4) is 0 Å². The van der Waals surface area contributed by atoms with E-state index in [1.54, 1.807) is 0 Å². The number of allylic oxidation sites excluding steroid dienone is 2. The first kappa shape index (κ1) is 22.7. The van der Waals surface area contributed by atoms with E-state index in [0.29, 0.717) is 6.54 Å². The third kappa shape index (κ3) is 20.7. The maximum atomic E-state index is 7.07. The van der Waals surface area contributed by atoms with Crippen LogP contribution in [-0.4, -0.2) is 6.54 Å². The molecule has 0 fully saturated rings. The zero-order valence-corrected chi connectivity index (χ0v) is 15.8. The minimum Gasteiger partial charge on any atom is -0.677 e. The van der Waals surface area contributed by atoms with Crippen molar-refractivity contribution < 1.29 is 21.1 Å². The van der Waals surface area contributed by atoms with Gasteiger partial charge in [0.15, 0.2) is 0 Å². The predicted molar refractivity (Wildman–Crippen MR) is 88.6 cm³/mol. The first-order valence-corrected chi connectivity index (χ1v) is 8.71. The van der Waals surface area contributed by atoms with Gasteiger partial charge in [0, 0.05) is 21.1 Å². The van der Waals surface area contributed by atoms with Gasteiger partial charge in [0.25, 0.3) is 0 Å². The number of hydrogen-bond donors (Lipinski definition) is 0. The molecule has 124 valence electrons. The number of hydrogen-bond acceptors (Lipinski definition) is 0. The van der Waals surface area contributed by atoms with Crippen molar-refractivity contribution in [1.82, 2.24) is 0 Å². The van der Waals surface area contributed by atoms with E-state index in [2.05, 4.69) is 19.1 Å². The van der Waals surface area contributed by atoms with Crippen LogP contribution >= 0.6 is 0 Å². The Morgan fingerprint density at radius 3 is 1.45 bits per heavy atom. The summed E-state index contributed by atoms with van der Waals surface area (Å²) in [5.74, 6) is 0. The number of rotatable bonds is 15. The van der Waals surface area contributed by atoms with Gasteiger partial charge in [-0.25, -0.2) is 0 Å². The Balaban J connectivity index is 0. The van der Waals surface area contributed by atoms with Gasteiger partial charge in [0.05, 0.1) is 0 Å². The number of nitrogens with one attached hydrogen (secondary N) is 1. The first-order chi connectivity index (χ1) is 9.41. The van der Waals surface area contributed by atoms with Crippen LogP contribution in [0, 0.1) is 0 Å². The van der Waals surface area contributed by atoms with Gasteiger partial charge in [0.2, 0.25) is 0 Å². The largest absolute Gasteiger partial charge is 0.677 e. The van der Waals surface area contributed by atoms with Crippen LogP contribution in [0.5, 0.6) is 0 Å². The van der Waals surface area contributed by atoms with Crippen molar-refractivity contribution in [1.29, 1.82) is 0 Å². The fourth-order valence-electron chi connectivity index (χ4n) is 2.37. The molecule has 0 radical (unpaired) electrons. The molecule has 0 aromatic carbocycles. The summed E-state index contributed by atoms with van der Waals surface area (Å²) < 4.78 is 0. The summed E-state index contributed by atoms with van der Waals surface area (Å²) in [6, 6.07) is 0. The zero-order chi connectivity index (χ0) is 14.0. The molecule has 0 aliphatic carbocycles. The Hall–Kier alpha value is 0.388. The van der Waals surface area contributed by atoms with E-state index in [1.807, 2.05) is 0 Å². The minimum atomic E-state index is 0. The molecule has 0 atom stereocenters. The van der Waals surface area contributed by atoms with E-state index in [4.69, 9.17) is 5.73 Å². The van der Waals surface area contributed by atoms with Crippen molar-refractivity contribution in [3.8, 4) is 0 Å². The van der Waals surface area contributed by atoms with Crippen molar-refractivity contribution in [3.63, 3.8) is 0 Å². The van der Waals surface area contributed by atoms with Crippen molar-refractivity contribution in [2.75, 3.05) is 6.54 Å². The molecule has 0 saturated carbocycles. The van der Waals surface area contributed by atoms with Gasteiger partial charge in [-0.05, 0) is 25.7 Å². The third-order valence-corrected chi connectivity index (χ3v) is 3.69. The van der Waals surface area contributed by atoms with Crippen molar-refractivity contribution in [3.05, 3.63) is 17.9 Å². The van der Waals surface area contributed by atoms with Gasteiger partial charge in [-0.2, -0.15) is 6.54 Å². The molecule has 0 aromatic rings. The molecule has 0 aliphatic heterocycles. The molecular formula is C18H36NPt-. The van der Waals surface area contributed by atoms with E-state index in [9.17, 15) is 0 Å². The quantitative estimate of drug-likeness (QED) is 0.184. The Bertz CT molecular complexity index is 180. The molecule has 0 rings (SSSR count). The summed E-state index contributed by atoms with van der Waals surface area (Å²) in [5.41, 5.74) is 7.07. The van der Waals surface area contributed by atoms with Crippen LogP contribution in [0.1, 0.15) is 96.8 Å². The minimum absolute atomic E-state index is 0. The first-order valence-electron chi connectivity index (χ1n) is 8.71. The molecule has 1 nitrogen and oxygen atoms in total. The molecule has 0 aliphatic rings. The van der Waals surface area contributed by atoms with E-state index in [-0.39, 0.29) is 21.1 Å². The summed E-state index contributed by atoms with van der Waals surface area (Å²) in [4.78, 5) is 0. The van der Waals surface area contributed by atoms with Gasteiger partial charge < -0.3 is 5.73 Å². The predicted octanol–water partition coefficient (Wildman–Crippen LogP) is 7.07. The van der Waals surface area contributed by atoms with Crippen LogP contribution in [0.15, 0.2) is 12.2 Å². The normalized spacial score (nSPS) is 10.9. The average Bonchev–Trinajstić information content (AvgIpc) is 2.43. The van der Waals surface area contributed by atoms with Crippen LogP contribution in [0.2, 0.25) is 0 Å². The molecule has 1 N–H and O–H groups in total. The van der Waals surface area contributed by atoms with E-state index in [0.717, 1.165) is 6.42 Å². The van der Waals surface area contributed by atoms with Crippen LogP contribution in [0.4, 0.5) is 0 Å². The molecule has 0 amide bonds. The summed E-state index contributed by atoms with van der Waals surface area (Å²) in [6.07, 6.45) is 23.5.